The number of aromatic nitrogens is 1. The standard InChI is InChI=1S/C23H21FN2O2/c1-26(16-19-5-10-20(24)11-6-19)23(27)14-9-18-7-12-22(13-8-18)28-17-21-4-2-3-15-25-21/h2-15H,16-17H2,1H3/b14-9+. The molecule has 0 radical (unpaired) electrons. The normalized spacial score (nSPS) is 10.8. The first kappa shape index (κ1) is 19.3. The maximum Gasteiger partial charge on any atom is 0.246 e. The van der Waals surface area contributed by atoms with E-state index in [0.29, 0.717) is 13.2 Å². The van der Waals surface area contributed by atoms with E-state index in [-0.39, 0.29) is 11.7 Å². The lowest BCUT2D eigenvalue weighted by atomic mass is 10.2. The van der Waals surface area contributed by atoms with Gasteiger partial charge in [-0.3, -0.25) is 9.78 Å². The zero-order valence-electron chi connectivity index (χ0n) is 15.6. The number of rotatable bonds is 7. The van der Waals surface area contributed by atoms with Crippen molar-refractivity contribution in [2.24, 2.45) is 0 Å². The summed E-state index contributed by atoms with van der Waals surface area (Å²) in [6.07, 6.45) is 5.01. The van der Waals surface area contributed by atoms with E-state index in [9.17, 15) is 9.18 Å². The Morgan fingerprint density at radius 2 is 1.82 bits per heavy atom. The number of likely N-dealkylation sites (N-methyl/N-ethyl adjacent to an activating group) is 1. The fraction of sp³-hybridized carbons (Fsp3) is 0.130. The summed E-state index contributed by atoms with van der Waals surface area (Å²) < 4.78 is 18.6. The van der Waals surface area contributed by atoms with Crippen molar-refractivity contribution < 1.29 is 13.9 Å². The smallest absolute Gasteiger partial charge is 0.246 e. The van der Waals surface area contributed by atoms with Crippen LogP contribution in [0.25, 0.3) is 6.08 Å². The van der Waals surface area contributed by atoms with Crippen LogP contribution < -0.4 is 4.74 Å². The van der Waals surface area contributed by atoms with Crippen molar-refractivity contribution in [1.29, 1.82) is 0 Å². The molecule has 5 heteroatoms. The Morgan fingerprint density at radius 3 is 2.50 bits per heavy atom. The summed E-state index contributed by atoms with van der Waals surface area (Å²) in [5.74, 6) is 0.326. The van der Waals surface area contributed by atoms with Gasteiger partial charge in [0.1, 0.15) is 18.2 Å². The van der Waals surface area contributed by atoms with Gasteiger partial charge in [-0.05, 0) is 53.6 Å². The molecule has 0 saturated heterocycles. The van der Waals surface area contributed by atoms with E-state index in [1.165, 1.54) is 18.2 Å². The van der Waals surface area contributed by atoms with Crippen LogP contribution in [-0.2, 0) is 17.9 Å². The third kappa shape index (κ3) is 5.77. The maximum absolute atomic E-state index is 13.0. The number of pyridine rings is 1. The topological polar surface area (TPSA) is 42.4 Å². The van der Waals surface area contributed by atoms with Crippen LogP contribution in [0.5, 0.6) is 5.75 Å². The minimum atomic E-state index is -0.287. The molecule has 0 aliphatic rings. The molecule has 1 aromatic heterocycles. The summed E-state index contributed by atoms with van der Waals surface area (Å²) in [5.41, 5.74) is 2.63. The number of benzene rings is 2. The number of hydrogen-bond donors (Lipinski definition) is 0. The number of nitrogens with zero attached hydrogens (tertiary/aromatic N) is 2. The number of ether oxygens (including phenoxy) is 1. The van der Waals surface area contributed by atoms with Crippen molar-refractivity contribution in [1.82, 2.24) is 9.88 Å². The van der Waals surface area contributed by atoms with Crippen molar-refractivity contribution in [3.63, 3.8) is 0 Å². The molecule has 1 amide bonds. The van der Waals surface area contributed by atoms with Gasteiger partial charge in [-0.2, -0.15) is 0 Å². The molecule has 0 aliphatic heterocycles. The van der Waals surface area contributed by atoms with Crippen LogP contribution in [0.3, 0.4) is 0 Å². The van der Waals surface area contributed by atoms with Crippen molar-refractivity contribution in [3.05, 3.63) is 102 Å². The van der Waals surface area contributed by atoms with Gasteiger partial charge in [-0.15, -0.1) is 0 Å². The van der Waals surface area contributed by atoms with Gasteiger partial charge in [0.05, 0.1) is 5.69 Å². The third-order valence-electron chi connectivity index (χ3n) is 4.12. The van der Waals surface area contributed by atoms with Gasteiger partial charge in [0.15, 0.2) is 0 Å². The van der Waals surface area contributed by atoms with Gasteiger partial charge in [0.25, 0.3) is 0 Å². The Morgan fingerprint density at radius 1 is 1.07 bits per heavy atom. The van der Waals surface area contributed by atoms with Gasteiger partial charge in [0.2, 0.25) is 5.91 Å². The molecular weight excluding hydrogens is 355 g/mol. The van der Waals surface area contributed by atoms with Crippen LogP contribution in [0, 0.1) is 5.82 Å². The van der Waals surface area contributed by atoms with Gasteiger partial charge in [0, 0.05) is 25.9 Å². The molecule has 4 nitrogen and oxygen atoms in total. The fourth-order valence-corrected chi connectivity index (χ4v) is 2.55. The average molecular weight is 376 g/mol. The van der Waals surface area contributed by atoms with Crippen LogP contribution in [0.4, 0.5) is 4.39 Å². The Hall–Kier alpha value is -3.47. The third-order valence-corrected chi connectivity index (χ3v) is 4.12. The Kier molecular flexibility index (Phi) is 6.52. The summed E-state index contributed by atoms with van der Waals surface area (Å²) in [4.78, 5) is 18.0. The first-order valence-corrected chi connectivity index (χ1v) is 8.90. The van der Waals surface area contributed by atoms with E-state index >= 15 is 0 Å². The van der Waals surface area contributed by atoms with E-state index in [1.54, 1.807) is 36.4 Å². The Balaban J connectivity index is 1.51. The molecular formula is C23H21FN2O2. The highest BCUT2D eigenvalue weighted by molar-refractivity contribution is 5.91. The van der Waals surface area contributed by atoms with E-state index in [4.69, 9.17) is 4.74 Å². The highest BCUT2D eigenvalue weighted by atomic mass is 19.1. The molecule has 3 aromatic rings. The summed E-state index contributed by atoms with van der Waals surface area (Å²) in [6.45, 7) is 0.826. The second-order valence-electron chi connectivity index (χ2n) is 6.33. The molecule has 0 spiro atoms. The zero-order valence-corrected chi connectivity index (χ0v) is 15.6. The highest BCUT2D eigenvalue weighted by Gasteiger charge is 2.06. The predicted octanol–water partition coefficient (Wildman–Crippen LogP) is 4.47. The van der Waals surface area contributed by atoms with Crippen LogP contribution in [0.15, 0.2) is 79.0 Å². The van der Waals surface area contributed by atoms with Crippen molar-refractivity contribution in [2.45, 2.75) is 13.2 Å². The van der Waals surface area contributed by atoms with Crippen LogP contribution in [0.2, 0.25) is 0 Å². The first-order valence-electron chi connectivity index (χ1n) is 8.90. The quantitative estimate of drug-likeness (QED) is 0.571. The van der Waals surface area contributed by atoms with E-state index in [1.807, 2.05) is 42.5 Å². The number of hydrogen-bond acceptors (Lipinski definition) is 3. The molecule has 1 heterocycles. The molecule has 2 aromatic carbocycles. The van der Waals surface area contributed by atoms with E-state index in [0.717, 1.165) is 22.6 Å². The Bertz CT molecular complexity index is 923. The lowest BCUT2D eigenvalue weighted by Crippen LogP contribution is -2.24. The number of halogens is 1. The average Bonchev–Trinajstić information content (AvgIpc) is 2.73. The predicted molar refractivity (Wildman–Crippen MR) is 107 cm³/mol. The van der Waals surface area contributed by atoms with Gasteiger partial charge in [-0.1, -0.05) is 30.3 Å². The second-order valence-corrected chi connectivity index (χ2v) is 6.33. The second kappa shape index (κ2) is 9.46. The molecule has 28 heavy (non-hydrogen) atoms. The summed E-state index contributed by atoms with van der Waals surface area (Å²) in [5, 5.41) is 0. The monoisotopic (exact) mass is 376 g/mol. The minimum absolute atomic E-state index is 0.125. The lowest BCUT2D eigenvalue weighted by Gasteiger charge is -2.15. The molecule has 0 fully saturated rings. The van der Waals surface area contributed by atoms with Crippen molar-refractivity contribution >= 4 is 12.0 Å². The van der Waals surface area contributed by atoms with Gasteiger partial charge in [-0.25, -0.2) is 4.39 Å². The number of amides is 1. The van der Waals surface area contributed by atoms with Gasteiger partial charge >= 0.3 is 0 Å². The number of carbonyl (C=O) groups is 1. The summed E-state index contributed by atoms with van der Waals surface area (Å²) >= 11 is 0. The molecule has 142 valence electrons. The fourth-order valence-electron chi connectivity index (χ4n) is 2.55. The maximum atomic E-state index is 13.0. The molecule has 0 unspecified atom stereocenters. The largest absolute Gasteiger partial charge is 0.487 e. The van der Waals surface area contributed by atoms with Crippen LogP contribution in [0.1, 0.15) is 16.8 Å². The lowest BCUT2D eigenvalue weighted by molar-refractivity contribution is -0.125. The zero-order chi connectivity index (χ0) is 19.8. The SMILES string of the molecule is CN(Cc1ccc(F)cc1)C(=O)/C=C/c1ccc(OCc2ccccn2)cc1. The molecule has 0 saturated carbocycles. The van der Waals surface area contributed by atoms with Crippen LogP contribution >= 0.6 is 0 Å². The first-order chi connectivity index (χ1) is 13.6. The van der Waals surface area contributed by atoms with E-state index < -0.39 is 0 Å². The van der Waals surface area contributed by atoms with Crippen molar-refractivity contribution in [3.8, 4) is 5.75 Å². The summed E-state index contributed by atoms with van der Waals surface area (Å²) in [6, 6.07) is 19.3. The molecule has 0 aliphatic carbocycles. The molecule has 0 N–H and O–H groups in total. The van der Waals surface area contributed by atoms with Crippen LogP contribution in [-0.4, -0.2) is 22.8 Å². The number of carbonyl (C=O) groups excluding carboxylic acids is 1. The molecule has 3 rings (SSSR count). The highest BCUT2D eigenvalue weighted by Crippen LogP contribution is 2.15. The summed E-state index contributed by atoms with van der Waals surface area (Å²) in [7, 11) is 1.71. The van der Waals surface area contributed by atoms with Gasteiger partial charge < -0.3 is 9.64 Å². The Labute approximate surface area is 163 Å². The van der Waals surface area contributed by atoms with Crippen molar-refractivity contribution in [2.75, 3.05) is 7.05 Å². The minimum Gasteiger partial charge on any atom is -0.487 e. The molecule has 0 atom stereocenters. The van der Waals surface area contributed by atoms with E-state index in [2.05, 4.69) is 4.98 Å². The molecule has 0 bridgehead atoms.